The lowest BCUT2D eigenvalue weighted by molar-refractivity contribution is 0.0530. The van der Waals surface area contributed by atoms with Crippen LogP contribution < -0.4 is 16.2 Å². The molecule has 0 aliphatic rings. The van der Waals surface area contributed by atoms with Crippen molar-refractivity contribution in [2.75, 3.05) is 18.4 Å². The monoisotopic (exact) mass is 303 g/mol. The maximum Gasteiger partial charge on any atom is 0.407 e. The largest absolute Gasteiger partial charge is 0.444 e. The Kier molecular flexibility index (Phi) is 4.70. The molecule has 0 saturated carbocycles. The van der Waals surface area contributed by atoms with E-state index in [4.69, 9.17) is 4.74 Å². The van der Waals surface area contributed by atoms with E-state index in [1.54, 1.807) is 6.07 Å². The van der Waals surface area contributed by atoms with Crippen molar-refractivity contribution >= 4 is 22.7 Å². The van der Waals surface area contributed by atoms with E-state index in [0.717, 1.165) is 5.39 Å². The molecule has 0 aliphatic carbocycles. The molecule has 1 aromatic carbocycles. The molecule has 1 amide bonds. The van der Waals surface area contributed by atoms with Gasteiger partial charge in [-0.1, -0.05) is 18.2 Å². The van der Waals surface area contributed by atoms with E-state index in [0.29, 0.717) is 24.3 Å². The summed E-state index contributed by atoms with van der Waals surface area (Å²) in [6.07, 6.45) is -0.457. The topological polar surface area (TPSA) is 83.2 Å². The summed E-state index contributed by atoms with van der Waals surface area (Å²) < 4.78 is 5.13. The van der Waals surface area contributed by atoms with E-state index in [1.165, 1.54) is 0 Å². The molecule has 0 fully saturated rings. The van der Waals surface area contributed by atoms with Gasteiger partial charge >= 0.3 is 6.09 Å². The van der Waals surface area contributed by atoms with Crippen LogP contribution in [0.25, 0.3) is 10.8 Å². The molecule has 0 spiro atoms. The Morgan fingerprint density at radius 2 is 1.95 bits per heavy atom. The highest BCUT2D eigenvalue weighted by Gasteiger charge is 2.15. The van der Waals surface area contributed by atoms with E-state index in [-0.39, 0.29) is 5.56 Å². The molecule has 2 aromatic rings. The molecule has 1 heterocycles. The number of benzene rings is 1. The van der Waals surface area contributed by atoms with Crippen molar-refractivity contribution in [3.63, 3.8) is 0 Å². The predicted octanol–water partition coefficient (Wildman–Crippen LogP) is 2.46. The maximum atomic E-state index is 11.9. The molecule has 0 bridgehead atoms. The first-order chi connectivity index (χ1) is 10.3. The van der Waals surface area contributed by atoms with E-state index in [2.05, 4.69) is 15.6 Å². The predicted molar refractivity (Wildman–Crippen MR) is 87.3 cm³/mol. The zero-order valence-electron chi connectivity index (χ0n) is 13.0. The first-order valence-corrected chi connectivity index (χ1v) is 7.18. The molecule has 22 heavy (non-hydrogen) atoms. The lowest BCUT2D eigenvalue weighted by atomic mass is 10.2. The smallest absolute Gasteiger partial charge is 0.407 e. The van der Waals surface area contributed by atoms with E-state index in [9.17, 15) is 9.59 Å². The van der Waals surface area contributed by atoms with Crippen molar-refractivity contribution in [3.8, 4) is 0 Å². The van der Waals surface area contributed by atoms with Gasteiger partial charge in [-0.2, -0.15) is 0 Å². The van der Waals surface area contributed by atoms with Crippen molar-refractivity contribution in [2.45, 2.75) is 26.4 Å². The third kappa shape index (κ3) is 4.51. The summed E-state index contributed by atoms with van der Waals surface area (Å²) >= 11 is 0. The molecule has 6 heteroatoms. The minimum atomic E-state index is -0.513. The number of ether oxygens (including phenoxy) is 1. The third-order valence-electron chi connectivity index (χ3n) is 2.86. The van der Waals surface area contributed by atoms with Crippen molar-refractivity contribution in [3.05, 3.63) is 40.7 Å². The fourth-order valence-corrected chi connectivity index (χ4v) is 1.98. The molecular formula is C16H21N3O3. The number of pyridine rings is 1. The Labute approximate surface area is 128 Å². The van der Waals surface area contributed by atoms with Crippen LogP contribution in [0.4, 0.5) is 10.6 Å². The van der Waals surface area contributed by atoms with Crippen molar-refractivity contribution in [2.24, 2.45) is 0 Å². The molecule has 0 radical (unpaired) electrons. The third-order valence-corrected chi connectivity index (χ3v) is 2.86. The van der Waals surface area contributed by atoms with Gasteiger partial charge in [0.25, 0.3) is 5.56 Å². The Balaban J connectivity index is 1.88. The van der Waals surface area contributed by atoms with E-state index >= 15 is 0 Å². The van der Waals surface area contributed by atoms with Crippen LogP contribution in [0.2, 0.25) is 0 Å². The van der Waals surface area contributed by atoms with Crippen LogP contribution in [0.1, 0.15) is 20.8 Å². The number of aromatic amines is 1. The van der Waals surface area contributed by atoms with Gasteiger partial charge < -0.3 is 20.4 Å². The molecule has 118 valence electrons. The Bertz CT molecular complexity index is 716. The molecule has 0 saturated heterocycles. The second-order valence-corrected chi connectivity index (χ2v) is 5.95. The van der Waals surface area contributed by atoms with Crippen molar-refractivity contribution in [1.29, 1.82) is 0 Å². The van der Waals surface area contributed by atoms with Crippen LogP contribution >= 0.6 is 0 Å². The Hall–Kier alpha value is -2.50. The van der Waals surface area contributed by atoms with Crippen LogP contribution in [0.3, 0.4) is 0 Å². The van der Waals surface area contributed by atoms with Gasteiger partial charge in [0.1, 0.15) is 11.4 Å². The number of amides is 1. The molecule has 3 N–H and O–H groups in total. The molecule has 2 rings (SSSR count). The standard InChI is InChI=1S/C16H21N3O3/c1-16(2,3)22-15(21)18-9-8-17-13-10-11-6-4-5-7-12(11)14(20)19-13/h4-7,10H,8-9H2,1-3H3,(H,18,21)(H2,17,19,20). The van der Waals surface area contributed by atoms with E-state index < -0.39 is 11.7 Å². The second-order valence-electron chi connectivity index (χ2n) is 5.95. The molecule has 0 atom stereocenters. The molecular weight excluding hydrogens is 282 g/mol. The minimum Gasteiger partial charge on any atom is -0.444 e. The average Bonchev–Trinajstić information content (AvgIpc) is 2.42. The fraction of sp³-hybridized carbons (Fsp3) is 0.375. The summed E-state index contributed by atoms with van der Waals surface area (Å²) in [5.74, 6) is 0.620. The number of anilines is 1. The van der Waals surface area contributed by atoms with Gasteiger partial charge in [0.15, 0.2) is 0 Å². The van der Waals surface area contributed by atoms with Gasteiger partial charge in [-0.3, -0.25) is 4.79 Å². The quantitative estimate of drug-likeness (QED) is 0.758. The normalized spacial score (nSPS) is 11.2. The number of rotatable bonds is 4. The highest BCUT2D eigenvalue weighted by molar-refractivity contribution is 5.83. The summed E-state index contributed by atoms with van der Waals surface area (Å²) in [7, 11) is 0. The summed E-state index contributed by atoms with van der Waals surface area (Å²) in [4.78, 5) is 26.2. The van der Waals surface area contributed by atoms with Crippen LogP contribution in [-0.2, 0) is 4.74 Å². The molecule has 6 nitrogen and oxygen atoms in total. The number of hydrogen-bond donors (Lipinski definition) is 3. The number of nitrogens with one attached hydrogen (secondary N) is 3. The van der Waals surface area contributed by atoms with Crippen LogP contribution in [0, 0.1) is 0 Å². The van der Waals surface area contributed by atoms with Gasteiger partial charge in [0, 0.05) is 18.5 Å². The molecule has 1 aromatic heterocycles. The molecule has 0 unspecified atom stereocenters. The average molecular weight is 303 g/mol. The van der Waals surface area contributed by atoms with Gasteiger partial charge in [0.2, 0.25) is 0 Å². The zero-order chi connectivity index (χ0) is 16.2. The number of hydrogen-bond acceptors (Lipinski definition) is 4. The number of aromatic nitrogens is 1. The van der Waals surface area contributed by atoms with Crippen LogP contribution in [0.5, 0.6) is 0 Å². The first-order valence-electron chi connectivity index (χ1n) is 7.18. The molecule has 0 aliphatic heterocycles. The highest BCUT2D eigenvalue weighted by Crippen LogP contribution is 2.12. The summed E-state index contributed by atoms with van der Waals surface area (Å²) in [5, 5.41) is 7.24. The van der Waals surface area contributed by atoms with Gasteiger partial charge in [-0.25, -0.2) is 4.79 Å². The lowest BCUT2D eigenvalue weighted by Crippen LogP contribution is -2.35. The van der Waals surface area contributed by atoms with Crippen LogP contribution in [-0.4, -0.2) is 29.8 Å². The van der Waals surface area contributed by atoms with Crippen LogP contribution in [0.15, 0.2) is 35.1 Å². The van der Waals surface area contributed by atoms with E-state index in [1.807, 2.05) is 45.0 Å². The van der Waals surface area contributed by atoms with Crippen molar-refractivity contribution < 1.29 is 9.53 Å². The Morgan fingerprint density at radius 3 is 2.68 bits per heavy atom. The number of carbonyl (C=O) groups excluding carboxylic acids is 1. The second kappa shape index (κ2) is 6.51. The number of carbonyl (C=O) groups is 1. The number of fused-ring (bicyclic) bond motifs is 1. The van der Waals surface area contributed by atoms with Gasteiger partial charge in [0.05, 0.1) is 0 Å². The summed E-state index contributed by atoms with van der Waals surface area (Å²) in [6, 6.07) is 9.24. The Morgan fingerprint density at radius 1 is 1.23 bits per heavy atom. The SMILES string of the molecule is CC(C)(C)OC(=O)NCCNc1cc2ccccc2c(=O)[nH]1. The number of H-pyrrole nitrogens is 1. The summed E-state index contributed by atoms with van der Waals surface area (Å²) in [5.41, 5.74) is -0.651. The number of alkyl carbamates (subject to hydrolysis) is 1. The summed E-state index contributed by atoms with van der Waals surface area (Å²) in [6.45, 7) is 6.30. The zero-order valence-corrected chi connectivity index (χ0v) is 13.0. The minimum absolute atomic E-state index is 0.138. The first kappa shape index (κ1) is 15.9. The van der Waals surface area contributed by atoms with Gasteiger partial charge in [-0.05, 0) is 38.3 Å². The highest BCUT2D eigenvalue weighted by atomic mass is 16.6. The van der Waals surface area contributed by atoms with Crippen molar-refractivity contribution in [1.82, 2.24) is 10.3 Å². The lowest BCUT2D eigenvalue weighted by Gasteiger charge is -2.19. The fourth-order valence-electron chi connectivity index (χ4n) is 1.98. The van der Waals surface area contributed by atoms with Gasteiger partial charge in [-0.15, -0.1) is 0 Å². The maximum absolute atomic E-state index is 11.9.